The molecule has 0 aromatic rings. The van der Waals surface area contributed by atoms with E-state index in [0.29, 0.717) is 0 Å². The predicted molar refractivity (Wildman–Crippen MR) is 498 cm³/mol. The summed E-state index contributed by atoms with van der Waals surface area (Å²) in [5.41, 5.74) is 0. The van der Waals surface area contributed by atoms with E-state index in [2.05, 4.69) is 13.8 Å². The third kappa shape index (κ3) is 316. The Balaban J connectivity index is -0.0000000475. The van der Waals surface area contributed by atoms with Gasteiger partial charge >= 0.3 is 0 Å². The topological polar surface area (TPSA) is 0 Å². The van der Waals surface area contributed by atoms with E-state index in [4.69, 9.17) is 0 Å². The van der Waals surface area contributed by atoms with Crippen LogP contribution in [0.2, 0.25) is 0 Å². The molecule has 0 atom stereocenters. The molecular weight excluding hydrogens is 1200 g/mol. The Bertz CT molecular complexity index is 470. The van der Waals surface area contributed by atoms with Crippen molar-refractivity contribution in [2.75, 3.05) is 0 Å². The summed E-state index contributed by atoms with van der Waals surface area (Å²) in [5.74, 6) is 0. The fourth-order valence-corrected chi connectivity index (χ4v) is 3.00. The summed E-state index contributed by atoms with van der Waals surface area (Å²) in [6.07, 6.45) is 100. The van der Waals surface area contributed by atoms with Crippen molar-refractivity contribution < 1.29 is 0 Å². The number of hydrogen-bond donors (Lipinski definition) is 0. The first-order valence-electron chi connectivity index (χ1n) is 49.4. The molecular formula is C100H234. The normalized spacial score (nSPS) is 16.9. The average molecular weight is 1440 g/mol. The first-order valence-corrected chi connectivity index (χ1v) is 49.4. The smallest absolute Gasteiger partial charge is 0.0533 e. The van der Waals surface area contributed by atoms with Crippen molar-refractivity contribution in [3.63, 3.8) is 0 Å². The maximum Gasteiger partial charge on any atom is -0.0533 e. The van der Waals surface area contributed by atoms with E-state index in [9.17, 15) is 0 Å². The Hall–Kier alpha value is 0. The summed E-state index contributed by atoms with van der Waals surface area (Å²) in [5, 5.41) is 0. The Morgan fingerprint density at radius 2 is 0.0900 bits per heavy atom. The van der Waals surface area contributed by atoms with E-state index in [1.807, 2.05) is 208 Å². The molecule has 18 aliphatic carbocycles. The summed E-state index contributed by atoms with van der Waals surface area (Å²) >= 11 is 0. The van der Waals surface area contributed by atoms with E-state index in [-0.39, 0.29) is 7.43 Å². The lowest BCUT2D eigenvalue weighted by Gasteiger charge is -2.05. The standard InChI is InChI=1S/12C4H8.6C3H6.C3H8.15C2H6.CH4/c12*1-2-4-3-1;6*1-2-3-1;1-3-2;15*1-2;/h12*1-4H2;6*1-3H2;3H2,1-2H3;15*1-2H3;1H4. The molecule has 0 aromatic heterocycles. The molecule has 0 heteroatoms. The zero-order valence-electron chi connectivity index (χ0n) is 79.4. The SMILES string of the molecule is C.C1CC1.C1CC1.C1CC1.C1CC1.C1CC1.C1CC1.C1CCC1.C1CCC1.C1CCC1.C1CCC1.C1CCC1.C1CCC1.C1CCC1.C1CCC1.C1CCC1.C1CCC1.C1CCC1.C1CCC1.CC.CC.CC.CC.CC.CC.CC.CC.CC.CC.CC.CC.CC.CC.CC.CCC. The molecule has 0 spiro atoms. The third-order valence-corrected chi connectivity index (χ3v) is 14.1. The molecule has 0 nitrogen and oxygen atoms in total. The van der Waals surface area contributed by atoms with Crippen LogP contribution in [0.25, 0.3) is 0 Å². The molecule has 0 heterocycles. The lowest BCUT2D eigenvalue weighted by Crippen LogP contribution is -1.85. The highest BCUT2D eigenvalue weighted by Crippen LogP contribution is 2.21. The Morgan fingerprint density at radius 1 is 0.0800 bits per heavy atom. The first kappa shape index (κ1) is 142. The lowest BCUT2D eigenvalue weighted by atomic mass is 10.0. The molecule has 18 aliphatic rings. The molecule has 0 bridgehead atoms. The Morgan fingerprint density at radius 3 is 0.0900 bits per heavy atom. The zero-order chi connectivity index (χ0) is 79.4. The first-order chi connectivity index (χ1) is 49.4. The maximum absolute atomic E-state index is 2.12. The minimum absolute atomic E-state index is 0. The summed E-state index contributed by atoms with van der Waals surface area (Å²) in [6, 6.07) is 0. The summed E-state index contributed by atoms with van der Waals surface area (Å²) in [4.78, 5) is 0. The van der Waals surface area contributed by atoms with Gasteiger partial charge in [-0.1, -0.05) is 659 Å². The van der Waals surface area contributed by atoms with Gasteiger partial charge in [0.1, 0.15) is 0 Å². The summed E-state index contributed by atoms with van der Waals surface area (Å²) in [6.45, 7) is 64.2. The lowest BCUT2D eigenvalue weighted by molar-refractivity contribution is 0.504. The molecule has 0 radical (unpaired) electrons. The molecule has 100 heavy (non-hydrogen) atoms. The second-order valence-electron chi connectivity index (χ2n) is 24.0. The largest absolute Gasteiger partial charge is 0.0776 e. The van der Waals surface area contributed by atoms with Gasteiger partial charge in [-0.15, -0.1) is 0 Å². The molecule has 18 saturated carbocycles. The van der Waals surface area contributed by atoms with Gasteiger partial charge in [0.25, 0.3) is 0 Å². The highest BCUT2D eigenvalue weighted by molar-refractivity contribution is 4.57. The summed E-state index contributed by atoms with van der Waals surface area (Å²) < 4.78 is 0. The van der Waals surface area contributed by atoms with Crippen LogP contribution in [0.15, 0.2) is 0 Å². The molecule has 0 N–H and O–H groups in total. The minimum atomic E-state index is 0. The van der Waals surface area contributed by atoms with Crippen molar-refractivity contribution >= 4 is 0 Å². The second kappa shape index (κ2) is 212. The molecule has 18 fully saturated rings. The Kier molecular flexibility index (Phi) is 301. The van der Waals surface area contributed by atoms with Crippen LogP contribution in [-0.4, -0.2) is 0 Å². The van der Waals surface area contributed by atoms with Crippen LogP contribution < -0.4 is 0 Å². The van der Waals surface area contributed by atoms with Crippen molar-refractivity contribution in [1.82, 2.24) is 0 Å². The summed E-state index contributed by atoms with van der Waals surface area (Å²) in [7, 11) is 0. The van der Waals surface area contributed by atoms with E-state index in [0.717, 1.165) is 0 Å². The van der Waals surface area contributed by atoms with Gasteiger partial charge in [-0.3, -0.25) is 0 Å². The molecule has 18 rings (SSSR count). The van der Waals surface area contributed by atoms with Gasteiger partial charge in [-0.2, -0.15) is 0 Å². The van der Waals surface area contributed by atoms with Crippen molar-refractivity contribution in [2.45, 2.75) is 659 Å². The minimum Gasteiger partial charge on any atom is -0.0776 e. The molecule has 0 aliphatic heterocycles. The second-order valence-corrected chi connectivity index (χ2v) is 24.0. The highest BCUT2D eigenvalue weighted by Gasteiger charge is 2.01. The maximum atomic E-state index is 2.12. The highest BCUT2D eigenvalue weighted by atomic mass is 14.1. The monoisotopic (exact) mass is 1440 g/mol. The van der Waals surface area contributed by atoms with E-state index in [1.54, 1.807) is 0 Å². The van der Waals surface area contributed by atoms with Crippen molar-refractivity contribution in [3.05, 3.63) is 0 Å². The third-order valence-electron chi connectivity index (χ3n) is 14.1. The molecule has 634 valence electrons. The quantitative estimate of drug-likeness (QED) is 0.227. The van der Waals surface area contributed by atoms with Crippen LogP contribution in [0.4, 0.5) is 0 Å². The van der Waals surface area contributed by atoms with Crippen LogP contribution in [0.1, 0.15) is 659 Å². The van der Waals surface area contributed by atoms with Crippen LogP contribution in [-0.2, 0) is 0 Å². The average Bonchev–Trinajstić information content (AvgIpc) is 4.35. The molecule has 0 saturated heterocycles. The van der Waals surface area contributed by atoms with Gasteiger partial charge in [-0.25, -0.2) is 0 Å². The molecule has 0 aromatic carbocycles. The van der Waals surface area contributed by atoms with E-state index in [1.165, 1.54) is 430 Å². The fourth-order valence-electron chi connectivity index (χ4n) is 3.00. The van der Waals surface area contributed by atoms with Gasteiger partial charge in [0, 0.05) is 0 Å². The van der Waals surface area contributed by atoms with Gasteiger partial charge in [-0.05, 0) is 0 Å². The van der Waals surface area contributed by atoms with Gasteiger partial charge in [0.15, 0.2) is 0 Å². The van der Waals surface area contributed by atoms with E-state index < -0.39 is 0 Å². The number of rotatable bonds is 0. The van der Waals surface area contributed by atoms with Gasteiger partial charge in [0.2, 0.25) is 0 Å². The molecule has 0 unspecified atom stereocenters. The van der Waals surface area contributed by atoms with Crippen LogP contribution in [0.3, 0.4) is 0 Å². The number of hydrogen-bond acceptors (Lipinski definition) is 0. The van der Waals surface area contributed by atoms with Crippen LogP contribution in [0, 0.1) is 0 Å². The van der Waals surface area contributed by atoms with Crippen LogP contribution in [0.5, 0.6) is 0 Å². The van der Waals surface area contributed by atoms with Gasteiger partial charge in [0.05, 0.1) is 0 Å². The van der Waals surface area contributed by atoms with Crippen molar-refractivity contribution in [2.24, 2.45) is 0 Å². The van der Waals surface area contributed by atoms with Crippen molar-refractivity contribution in [3.8, 4) is 0 Å². The zero-order valence-corrected chi connectivity index (χ0v) is 79.4. The van der Waals surface area contributed by atoms with Crippen molar-refractivity contribution in [1.29, 1.82) is 0 Å². The molecule has 0 amide bonds. The Labute approximate surface area is 655 Å². The van der Waals surface area contributed by atoms with E-state index >= 15 is 0 Å². The van der Waals surface area contributed by atoms with Gasteiger partial charge < -0.3 is 0 Å². The predicted octanol–water partition coefficient (Wildman–Crippen LogP) is 43.2. The fraction of sp³-hybridized carbons (Fsp3) is 1.00. The van der Waals surface area contributed by atoms with Crippen LogP contribution >= 0.6 is 0 Å².